The van der Waals surface area contributed by atoms with Crippen molar-refractivity contribution in [3.05, 3.63) is 71.8 Å². The van der Waals surface area contributed by atoms with E-state index in [1.165, 1.54) is 0 Å². The van der Waals surface area contributed by atoms with Gasteiger partial charge in [-0.1, -0.05) is 67.6 Å². The fourth-order valence-corrected chi connectivity index (χ4v) is 2.25. The molecule has 0 amide bonds. The van der Waals surface area contributed by atoms with Gasteiger partial charge in [0.05, 0.1) is 6.10 Å². The van der Waals surface area contributed by atoms with E-state index in [2.05, 4.69) is 0 Å². The summed E-state index contributed by atoms with van der Waals surface area (Å²) < 4.78 is 0. The van der Waals surface area contributed by atoms with Gasteiger partial charge in [0, 0.05) is 12.3 Å². The normalized spacial score (nSPS) is 13.7. The highest BCUT2D eigenvalue weighted by Gasteiger charge is 2.22. The van der Waals surface area contributed by atoms with Crippen molar-refractivity contribution >= 4 is 5.78 Å². The van der Waals surface area contributed by atoms with E-state index in [0.717, 1.165) is 17.5 Å². The third-order valence-corrected chi connectivity index (χ3v) is 3.63. The number of hydrogen-bond donors (Lipinski definition) is 1. The largest absolute Gasteiger partial charge is 0.388 e. The minimum atomic E-state index is -0.723. The number of aliphatic hydroxyl groups is 1. The summed E-state index contributed by atoms with van der Waals surface area (Å²) in [5, 5.41) is 10.2. The Hall–Kier alpha value is -1.93. The number of ketones is 1. The summed E-state index contributed by atoms with van der Waals surface area (Å²) in [7, 11) is 0. The fourth-order valence-electron chi connectivity index (χ4n) is 2.25. The summed E-state index contributed by atoms with van der Waals surface area (Å²) in [5.74, 6) is -0.272. The maximum absolute atomic E-state index is 12.2. The Morgan fingerprint density at radius 2 is 1.55 bits per heavy atom. The van der Waals surface area contributed by atoms with E-state index in [1.54, 1.807) is 6.92 Å². The molecule has 2 aromatic rings. The molecule has 0 saturated heterocycles. The second-order valence-electron chi connectivity index (χ2n) is 5.10. The first-order valence-corrected chi connectivity index (χ1v) is 6.98. The summed E-state index contributed by atoms with van der Waals surface area (Å²) in [6, 6.07) is 19.3. The molecular weight excluding hydrogens is 248 g/mol. The van der Waals surface area contributed by atoms with E-state index in [9.17, 15) is 9.90 Å². The Labute approximate surface area is 120 Å². The van der Waals surface area contributed by atoms with Crippen molar-refractivity contribution in [2.75, 3.05) is 0 Å². The van der Waals surface area contributed by atoms with E-state index >= 15 is 0 Å². The zero-order chi connectivity index (χ0) is 14.4. The van der Waals surface area contributed by atoms with Crippen LogP contribution in [0.5, 0.6) is 0 Å². The number of Topliss-reactive ketones (excluding diaryl/α,β-unsaturated/α-hetero) is 1. The van der Waals surface area contributed by atoms with E-state index in [1.807, 2.05) is 60.7 Å². The second kappa shape index (κ2) is 7.01. The zero-order valence-corrected chi connectivity index (χ0v) is 11.7. The number of carbonyl (C=O) groups is 1. The fraction of sp³-hybridized carbons (Fsp3) is 0.278. The molecule has 0 saturated carbocycles. The molecule has 0 spiro atoms. The quantitative estimate of drug-likeness (QED) is 0.869. The van der Waals surface area contributed by atoms with Gasteiger partial charge in [-0.2, -0.15) is 0 Å². The summed E-state index contributed by atoms with van der Waals surface area (Å²) in [4.78, 5) is 12.2. The molecule has 0 fully saturated rings. The van der Waals surface area contributed by atoms with Crippen LogP contribution >= 0.6 is 0 Å². The SMILES string of the molecule is C[C@@H](C(=O)CCc1ccccc1)[C@@H](O)c1ccccc1. The zero-order valence-electron chi connectivity index (χ0n) is 11.7. The molecule has 0 heterocycles. The summed E-state index contributed by atoms with van der Waals surface area (Å²) >= 11 is 0. The van der Waals surface area contributed by atoms with Crippen molar-refractivity contribution in [2.45, 2.75) is 25.9 Å². The Kier molecular flexibility index (Phi) is 5.08. The first-order valence-electron chi connectivity index (χ1n) is 6.98. The molecule has 0 unspecified atom stereocenters. The highest BCUT2D eigenvalue weighted by atomic mass is 16.3. The van der Waals surface area contributed by atoms with Gasteiger partial charge < -0.3 is 5.11 Å². The van der Waals surface area contributed by atoms with Gasteiger partial charge in [0.1, 0.15) is 5.78 Å². The molecule has 20 heavy (non-hydrogen) atoms. The molecule has 2 heteroatoms. The van der Waals surface area contributed by atoms with Crippen LogP contribution in [0.15, 0.2) is 60.7 Å². The molecule has 2 atom stereocenters. The first-order chi connectivity index (χ1) is 9.68. The standard InChI is InChI=1S/C18H20O2/c1-14(18(20)16-10-6-3-7-11-16)17(19)13-12-15-8-4-2-5-9-15/h2-11,14,18,20H,12-13H2,1H3/t14-,18+/m0/s1. The van der Waals surface area contributed by atoms with Gasteiger partial charge in [0.15, 0.2) is 0 Å². The van der Waals surface area contributed by atoms with Gasteiger partial charge in [0.2, 0.25) is 0 Å². The highest BCUT2D eigenvalue weighted by molar-refractivity contribution is 5.81. The van der Waals surface area contributed by atoms with Crippen LogP contribution in [0.25, 0.3) is 0 Å². The van der Waals surface area contributed by atoms with E-state index in [4.69, 9.17) is 0 Å². The van der Waals surface area contributed by atoms with Crippen molar-refractivity contribution in [1.82, 2.24) is 0 Å². The minimum absolute atomic E-state index is 0.102. The molecule has 1 N–H and O–H groups in total. The van der Waals surface area contributed by atoms with Gasteiger partial charge in [-0.15, -0.1) is 0 Å². The Bertz CT molecular complexity index is 534. The van der Waals surface area contributed by atoms with Crippen LogP contribution in [-0.2, 0) is 11.2 Å². The second-order valence-corrected chi connectivity index (χ2v) is 5.10. The van der Waals surface area contributed by atoms with E-state index < -0.39 is 6.10 Å². The third-order valence-electron chi connectivity index (χ3n) is 3.63. The van der Waals surface area contributed by atoms with Crippen molar-refractivity contribution in [3.63, 3.8) is 0 Å². The lowest BCUT2D eigenvalue weighted by atomic mass is 9.91. The average Bonchev–Trinajstić information content (AvgIpc) is 2.53. The predicted octanol–water partition coefficient (Wildman–Crippen LogP) is 3.56. The molecule has 0 aliphatic rings. The van der Waals surface area contributed by atoms with Crippen LogP contribution in [0.4, 0.5) is 0 Å². The summed E-state index contributed by atoms with van der Waals surface area (Å²) in [5.41, 5.74) is 1.95. The van der Waals surface area contributed by atoms with Gasteiger partial charge in [-0.25, -0.2) is 0 Å². The molecule has 2 rings (SSSR count). The van der Waals surface area contributed by atoms with Gasteiger partial charge in [-0.3, -0.25) is 4.79 Å². The smallest absolute Gasteiger partial charge is 0.138 e. The lowest BCUT2D eigenvalue weighted by Crippen LogP contribution is -2.19. The van der Waals surface area contributed by atoms with Gasteiger partial charge in [0.25, 0.3) is 0 Å². The molecule has 2 aromatic carbocycles. The molecule has 0 aromatic heterocycles. The van der Waals surface area contributed by atoms with Crippen LogP contribution in [0.1, 0.15) is 30.6 Å². The maximum Gasteiger partial charge on any atom is 0.138 e. The van der Waals surface area contributed by atoms with Gasteiger partial charge in [-0.05, 0) is 17.5 Å². The molecular formula is C18H20O2. The number of hydrogen-bond acceptors (Lipinski definition) is 2. The number of aryl methyl sites for hydroxylation is 1. The lowest BCUT2D eigenvalue weighted by Gasteiger charge is -2.18. The van der Waals surface area contributed by atoms with Crippen LogP contribution in [0.2, 0.25) is 0 Å². The molecule has 2 nitrogen and oxygen atoms in total. The lowest BCUT2D eigenvalue weighted by molar-refractivity contribution is -0.125. The maximum atomic E-state index is 12.2. The molecule has 0 aliphatic carbocycles. The summed E-state index contributed by atoms with van der Waals surface area (Å²) in [6.07, 6.45) is 0.472. The summed E-state index contributed by atoms with van der Waals surface area (Å²) in [6.45, 7) is 1.80. The van der Waals surface area contributed by atoms with Crippen molar-refractivity contribution in [1.29, 1.82) is 0 Å². The Morgan fingerprint density at radius 1 is 1.00 bits per heavy atom. The number of aliphatic hydroxyl groups excluding tert-OH is 1. The number of benzene rings is 2. The molecule has 104 valence electrons. The molecule has 0 aliphatic heterocycles. The van der Waals surface area contributed by atoms with Crippen LogP contribution in [-0.4, -0.2) is 10.9 Å². The molecule has 0 radical (unpaired) electrons. The third kappa shape index (κ3) is 3.78. The topological polar surface area (TPSA) is 37.3 Å². The Balaban J connectivity index is 1.92. The van der Waals surface area contributed by atoms with E-state index in [-0.39, 0.29) is 11.7 Å². The Morgan fingerprint density at radius 3 is 2.15 bits per heavy atom. The number of carbonyl (C=O) groups excluding carboxylic acids is 1. The molecule has 0 bridgehead atoms. The van der Waals surface area contributed by atoms with E-state index in [0.29, 0.717) is 6.42 Å². The average molecular weight is 268 g/mol. The minimum Gasteiger partial charge on any atom is -0.388 e. The van der Waals surface area contributed by atoms with Gasteiger partial charge >= 0.3 is 0 Å². The number of rotatable bonds is 6. The first kappa shape index (κ1) is 14.5. The van der Waals surface area contributed by atoms with Crippen LogP contribution in [0.3, 0.4) is 0 Å². The van der Waals surface area contributed by atoms with Crippen LogP contribution in [0, 0.1) is 5.92 Å². The van der Waals surface area contributed by atoms with Crippen molar-refractivity contribution in [2.24, 2.45) is 5.92 Å². The predicted molar refractivity (Wildman–Crippen MR) is 80.3 cm³/mol. The monoisotopic (exact) mass is 268 g/mol. The highest BCUT2D eigenvalue weighted by Crippen LogP contribution is 2.23. The van der Waals surface area contributed by atoms with Crippen molar-refractivity contribution in [3.8, 4) is 0 Å². The van der Waals surface area contributed by atoms with Crippen molar-refractivity contribution < 1.29 is 9.90 Å². The van der Waals surface area contributed by atoms with Crippen LogP contribution < -0.4 is 0 Å².